The summed E-state index contributed by atoms with van der Waals surface area (Å²) in [5.74, 6) is 2.57. The van der Waals surface area contributed by atoms with Crippen LogP contribution >= 0.6 is 46.1 Å². The second-order valence-electron chi connectivity index (χ2n) is 4.51. The van der Waals surface area contributed by atoms with Crippen molar-refractivity contribution in [3.05, 3.63) is 45.0 Å². The molecule has 1 aromatic carbocycles. The number of halogens is 1. The van der Waals surface area contributed by atoms with E-state index in [9.17, 15) is 0 Å². The van der Waals surface area contributed by atoms with Gasteiger partial charge < -0.3 is 0 Å². The molecule has 0 unspecified atom stereocenters. The zero-order valence-electron chi connectivity index (χ0n) is 11.7. The van der Waals surface area contributed by atoms with Gasteiger partial charge in [-0.25, -0.2) is 4.98 Å². The molecule has 0 radical (unpaired) electrons. The third-order valence-electron chi connectivity index (χ3n) is 2.77. The van der Waals surface area contributed by atoms with Crippen molar-refractivity contribution in [3.8, 4) is 0 Å². The zero-order chi connectivity index (χ0) is 15.4. The molecule has 0 aliphatic rings. The Morgan fingerprint density at radius 3 is 1.91 bits per heavy atom. The summed E-state index contributed by atoms with van der Waals surface area (Å²) in [6.07, 6.45) is 0. The first-order valence-electron chi connectivity index (χ1n) is 6.49. The first-order valence-corrected chi connectivity index (χ1v) is 9.54. The summed E-state index contributed by atoms with van der Waals surface area (Å²) in [6, 6.07) is 8.57. The maximum atomic E-state index is 4.28. The van der Waals surface area contributed by atoms with Crippen LogP contribution in [0.15, 0.2) is 34.6 Å². The number of rotatable bonds is 6. The molecule has 9 heteroatoms. The lowest BCUT2D eigenvalue weighted by atomic mass is 10.2. The van der Waals surface area contributed by atoms with Crippen LogP contribution in [0.5, 0.6) is 0 Å². The van der Waals surface area contributed by atoms with Crippen LogP contribution in [0.2, 0.25) is 0 Å². The van der Waals surface area contributed by atoms with Crippen molar-refractivity contribution >= 4 is 46.1 Å². The molecule has 0 aliphatic heterocycles. The molecule has 0 bridgehead atoms. The Bertz CT molecular complexity index is 676. The quantitative estimate of drug-likeness (QED) is 0.448. The average molecular weight is 444 g/mol. The van der Waals surface area contributed by atoms with Crippen LogP contribution in [-0.2, 0) is 11.5 Å². The lowest BCUT2D eigenvalue weighted by molar-refractivity contribution is 0.969. The SMILES string of the molecule is Cc1nc(SCc2ccc(CSc3n[nH]c(I)n3)cc2)n[nH]1. The molecule has 6 nitrogen and oxygen atoms in total. The Hall–Kier alpha value is -1.07. The predicted octanol–water partition coefficient (Wildman–Crippen LogP) is 3.42. The van der Waals surface area contributed by atoms with Crippen LogP contribution < -0.4 is 0 Å². The molecule has 3 aromatic rings. The summed E-state index contributed by atoms with van der Waals surface area (Å²) in [5, 5.41) is 15.5. The minimum Gasteiger partial charge on any atom is -0.262 e. The number of hydrogen-bond acceptors (Lipinski definition) is 6. The molecule has 3 rings (SSSR count). The molecule has 22 heavy (non-hydrogen) atoms. The van der Waals surface area contributed by atoms with Gasteiger partial charge in [0.25, 0.3) is 0 Å². The number of thioether (sulfide) groups is 2. The van der Waals surface area contributed by atoms with Gasteiger partial charge in [-0.15, -0.1) is 10.2 Å². The topological polar surface area (TPSA) is 83.1 Å². The molecule has 2 N–H and O–H groups in total. The van der Waals surface area contributed by atoms with Crippen molar-refractivity contribution in [2.75, 3.05) is 0 Å². The highest BCUT2D eigenvalue weighted by Gasteiger charge is 2.04. The molecule has 114 valence electrons. The fourth-order valence-electron chi connectivity index (χ4n) is 1.71. The highest BCUT2D eigenvalue weighted by Crippen LogP contribution is 2.22. The average Bonchev–Trinajstić information content (AvgIpc) is 3.12. The van der Waals surface area contributed by atoms with E-state index in [2.05, 4.69) is 77.2 Å². The van der Waals surface area contributed by atoms with Gasteiger partial charge in [0.1, 0.15) is 5.82 Å². The van der Waals surface area contributed by atoms with E-state index in [1.165, 1.54) is 11.1 Å². The standard InChI is InChI=1S/C13H13IN6S2/c1-8-15-12(19-17-8)21-6-9-2-4-10(5-3-9)7-22-13-16-11(14)18-20-13/h2-5H,6-7H2,1H3,(H,15,17,19)(H,16,18,20). The Morgan fingerprint density at radius 1 is 0.909 bits per heavy atom. The first-order chi connectivity index (χ1) is 10.7. The van der Waals surface area contributed by atoms with Gasteiger partial charge in [-0.1, -0.05) is 47.8 Å². The summed E-state index contributed by atoms with van der Waals surface area (Å²) < 4.78 is 0.815. The lowest BCUT2D eigenvalue weighted by Crippen LogP contribution is -1.86. The molecule has 0 atom stereocenters. The van der Waals surface area contributed by atoms with Gasteiger partial charge in [-0.05, 0) is 18.1 Å². The van der Waals surface area contributed by atoms with Crippen molar-refractivity contribution < 1.29 is 0 Å². The number of aromatic nitrogens is 6. The van der Waals surface area contributed by atoms with Crippen LogP contribution in [0.4, 0.5) is 0 Å². The minimum atomic E-state index is 0.781. The minimum absolute atomic E-state index is 0.781. The number of aromatic amines is 2. The van der Waals surface area contributed by atoms with Gasteiger partial charge in [0.15, 0.2) is 3.83 Å². The maximum absolute atomic E-state index is 4.28. The van der Waals surface area contributed by atoms with Crippen LogP contribution in [0.3, 0.4) is 0 Å². The van der Waals surface area contributed by atoms with Crippen LogP contribution in [0, 0.1) is 10.8 Å². The molecule has 0 amide bonds. The Kier molecular flexibility index (Phi) is 5.37. The number of benzene rings is 1. The monoisotopic (exact) mass is 444 g/mol. The summed E-state index contributed by atoms with van der Waals surface area (Å²) in [5.41, 5.74) is 2.51. The van der Waals surface area contributed by atoms with Crippen molar-refractivity contribution in [1.82, 2.24) is 30.4 Å². The van der Waals surface area contributed by atoms with E-state index in [-0.39, 0.29) is 0 Å². The Morgan fingerprint density at radius 2 is 1.45 bits per heavy atom. The van der Waals surface area contributed by atoms with E-state index >= 15 is 0 Å². The normalized spacial score (nSPS) is 11.0. The highest BCUT2D eigenvalue weighted by molar-refractivity contribution is 14.1. The number of nitrogens with zero attached hydrogens (tertiary/aromatic N) is 4. The van der Waals surface area contributed by atoms with Crippen LogP contribution in [0.1, 0.15) is 17.0 Å². The summed E-state index contributed by atoms with van der Waals surface area (Å²) in [4.78, 5) is 8.55. The third-order valence-corrected chi connectivity index (χ3v) is 5.09. The van der Waals surface area contributed by atoms with Gasteiger partial charge in [0.2, 0.25) is 10.3 Å². The van der Waals surface area contributed by atoms with Crippen molar-refractivity contribution in [2.45, 2.75) is 28.7 Å². The molecule has 0 aliphatic carbocycles. The number of H-pyrrole nitrogens is 2. The van der Waals surface area contributed by atoms with E-state index in [0.717, 1.165) is 31.5 Å². The van der Waals surface area contributed by atoms with Gasteiger partial charge in [0.05, 0.1) is 0 Å². The fraction of sp³-hybridized carbons (Fsp3) is 0.231. The highest BCUT2D eigenvalue weighted by atomic mass is 127. The van der Waals surface area contributed by atoms with Crippen molar-refractivity contribution in [3.63, 3.8) is 0 Å². The van der Waals surface area contributed by atoms with E-state index in [4.69, 9.17) is 0 Å². The molecular formula is C13H13IN6S2. The van der Waals surface area contributed by atoms with E-state index in [1.807, 2.05) is 6.92 Å². The molecule has 0 saturated heterocycles. The van der Waals surface area contributed by atoms with Crippen molar-refractivity contribution in [2.24, 2.45) is 0 Å². The third kappa shape index (κ3) is 4.46. The Balaban J connectivity index is 1.51. The number of aryl methyl sites for hydroxylation is 1. The van der Waals surface area contributed by atoms with E-state index in [0.29, 0.717) is 0 Å². The van der Waals surface area contributed by atoms with Gasteiger partial charge in [-0.2, -0.15) is 4.98 Å². The molecular weight excluding hydrogens is 431 g/mol. The molecule has 0 fully saturated rings. The Labute approximate surface area is 149 Å². The predicted molar refractivity (Wildman–Crippen MR) is 95.8 cm³/mol. The molecule has 2 heterocycles. The summed E-state index contributed by atoms with van der Waals surface area (Å²) >= 11 is 5.37. The van der Waals surface area contributed by atoms with Crippen LogP contribution in [0.25, 0.3) is 0 Å². The van der Waals surface area contributed by atoms with Gasteiger partial charge in [0, 0.05) is 34.1 Å². The largest absolute Gasteiger partial charge is 0.262 e. The van der Waals surface area contributed by atoms with Gasteiger partial charge >= 0.3 is 0 Å². The maximum Gasteiger partial charge on any atom is 0.209 e. The molecule has 0 saturated carbocycles. The number of hydrogen-bond donors (Lipinski definition) is 2. The van der Waals surface area contributed by atoms with Crippen molar-refractivity contribution in [1.29, 1.82) is 0 Å². The molecule has 2 aromatic heterocycles. The second-order valence-corrected chi connectivity index (χ2v) is 7.41. The zero-order valence-corrected chi connectivity index (χ0v) is 15.5. The summed E-state index contributed by atoms with van der Waals surface area (Å²) in [7, 11) is 0. The van der Waals surface area contributed by atoms with E-state index < -0.39 is 0 Å². The van der Waals surface area contributed by atoms with Crippen LogP contribution in [-0.4, -0.2) is 30.4 Å². The smallest absolute Gasteiger partial charge is 0.209 e. The van der Waals surface area contributed by atoms with E-state index in [1.54, 1.807) is 23.5 Å². The second kappa shape index (κ2) is 7.47. The fourth-order valence-corrected chi connectivity index (χ4v) is 3.77. The first kappa shape index (κ1) is 15.8. The lowest BCUT2D eigenvalue weighted by Gasteiger charge is -2.02. The summed E-state index contributed by atoms with van der Waals surface area (Å²) in [6.45, 7) is 1.90. The van der Waals surface area contributed by atoms with Gasteiger partial charge in [-0.3, -0.25) is 10.2 Å². The molecule has 0 spiro atoms. The number of nitrogens with one attached hydrogen (secondary N) is 2.